The minimum Gasteiger partial charge on any atom is -0.497 e. The molecular weight excluding hydrogens is 316 g/mol. The molecule has 1 atom stereocenters. The molecule has 1 unspecified atom stereocenters. The van der Waals surface area contributed by atoms with Crippen LogP contribution in [0, 0.1) is 0 Å². The van der Waals surface area contributed by atoms with Crippen LogP contribution >= 0.6 is 27.3 Å². The van der Waals surface area contributed by atoms with Crippen LogP contribution in [0.5, 0.6) is 11.5 Å². The molecule has 2 aromatic rings. The lowest BCUT2D eigenvalue weighted by molar-refractivity contribution is 0.214. The monoisotopic (exact) mass is 328 g/mol. The Morgan fingerprint density at radius 3 is 2.56 bits per heavy atom. The summed E-state index contributed by atoms with van der Waals surface area (Å²) in [5, 5.41) is 12.3. The van der Waals surface area contributed by atoms with E-state index >= 15 is 0 Å². The van der Waals surface area contributed by atoms with Gasteiger partial charge in [-0.3, -0.25) is 0 Å². The number of halogens is 1. The molecule has 0 fully saturated rings. The summed E-state index contributed by atoms with van der Waals surface area (Å²) in [6.07, 6.45) is -0.724. The molecule has 0 bridgehead atoms. The van der Waals surface area contributed by atoms with Gasteiger partial charge >= 0.3 is 0 Å². The number of rotatable bonds is 4. The first-order chi connectivity index (χ1) is 8.65. The van der Waals surface area contributed by atoms with Crippen molar-refractivity contribution in [3.63, 3.8) is 0 Å². The Morgan fingerprint density at radius 2 is 2.00 bits per heavy atom. The van der Waals surface area contributed by atoms with Crippen molar-refractivity contribution in [2.75, 3.05) is 14.2 Å². The highest BCUT2D eigenvalue weighted by Gasteiger charge is 2.17. The van der Waals surface area contributed by atoms with E-state index in [4.69, 9.17) is 9.47 Å². The van der Waals surface area contributed by atoms with Crippen LogP contribution in [0.1, 0.15) is 17.2 Å². The fourth-order valence-corrected chi connectivity index (χ4v) is 2.89. The highest BCUT2D eigenvalue weighted by Crippen LogP contribution is 2.35. The second-order valence-electron chi connectivity index (χ2n) is 3.69. The Hall–Kier alpha value is -1.04. The molecule has 0 aliphatic heterocycles. The lowest BCUT2D eigenvalue weighted by atomic mass is 10.0. The molecule has 0 spiro atoms. The molecule has 0 radical (unpaired) electrons. The minimum absolute atomic E-state index is 0.644. The number of methoxy groups -OCH3 is 2. The zero-order valence-electron chi connectivity index (χ0n) is 10.0. The van der Waals surface area contributed by atoms with Crippen LogP contribution in [-0.4, -0.2) is 19.3 Å². The molecule has 1 N–H and O–H groups in total. The van der Waals surface area contributed by atoms with Gasteiger partial charge in [-0.25, -0.2) is 0 Å². The van der Waals surface area contributed by atoms with Gasteiger partial charge in [-0.1, -0.05) is 0 Å². The lowest BCUT2D eigenvalue weighted by Gasteiger charge is -2.15. The maximum Gasteiger partial charge on any atom is 0.125 e. The lowest BCUT2D eigenvalue weighted by Crippen LogP contribution is -2.02. The molecule has 1 heterocycles. The third-order valence-corrected chi connectivity index (χ3v) is 4.16. The van der Waals surface area contributed by atoms with E-state index in [2.05, 4.69) is 15.9 Å². The number of benzene rings is 1. The van der Waals surface area contributed by atoms with Crippen molar-refractivity contribution < 1.29 is 14.6 Å². The summed E-state index contributed by atoms with van der Waals surface area (Å²) < 4.78 is 11.4. The summed E-state index contributed by atoms with van der Waals surface area (Å²) in [7, 11) is 3.18. The highest BCUT2D eigenvalue weighted by molar-refractivity contribution is 9.11. The molecule has 0 saturated carbocycles. The summed E-state index contributed by atoms with van der Waals surface area (Å²) in [5.74, 6) is 1.34. The fraction of sp³-hybridized carbons (Fsp3) is 0.231. The average molecular weight is 329 g/mol. The van der Waals surface area contributed by atoms with E-state index in [0.29, 0.717) is 17.1 Å². The standard InChI is InChI=1S/C13H13BrO3S/c1-16-9-3-4-11(17-2)10(6-9)13(15)8-5-12(14)18-7-8/h3-7,13,15H,1-2H3. The summed E-state index contributed by atoms with van der Waals surface area (Å²) >= 11 is 4.92. The van der Waals surface area contributed by atoms with Crippen molar-refractivity contribution in [2.45, 2.75) is 6.10 Å². The summed E-state index contributed by atoms with van der Waals surface area (Å²) in [4.78, 5) is 0. The second kappa shape index (κ2) is 5.73. The first kappa shape index (κ1) is 13.4. The maximum atomic E-state index is 10.4. The molecule has 2 rings (SSSR count). The van der Waals surface area contributed by atoms with Crippen LogP contribution < -0.4 is 9.47 Å². The minimum atomic E-state index is -0.724. The van der Waals surface area contributed by atoms with E-state index in [-0.39, 0.29) is 0 Å². The molecule has 5 heteroatoms. The summed E-state index contributed by atoms with van der Waals surface area (Å²) in [6, 6.07) is 7.28. The van der Waals surface area contributed by atoms with Gasteiger partial charge in [-0.15, -0.1) is 11.3 Å². The van der Waals surface area contributed by atoms with Gasteiger partial charge in [-0.2, -0.15) is 0 Å². The van der Waals surface area contributed by atoms with Gasteiger partial charge in [0.15, 0.2) is 0 Å². The van der Waals surface area contributed by atoms with Gasteiger partial charge in [0.2, 0.25) is 0 Å². The van der Waals surface area contributed by atoms with Crippen molar-refractivity contribution in [3.8, 4) is 11.5 Å². The molecule has 18 heavy (non-hydrogen) atoms. The Kier molecular flexibility index (Phi) is 4.27. The Balaban J connectivity index is 2.41. The van der Waals surface area contributed by atoms with E-state index < -0.39 is 6.10 Å². The van der Waals surface area contributed by atoms with Gasteiger partial charge in [0.05, 0.1) is 18.0 Å². The topological polar surface area (TPSA) is 38.7 Å². The number of aliphatic hydroxyl groups is 1. The van der Waals surface area contributed by atoms with Gasteiger partial charge in [0, 0.05) is 5.56 Å². The largest absolute Gasteiger partial charge is 0.497 e. The number of hydrogen-bond acceptors (Lipinski definition) is 4. The molecule has 0 aliphatic rings. The second-order valence-corrected chi connectivity index (χ2v) is 5.99. The van der Waals surface area contributed by atoms with Gasteiger partial charge < -0.3 is 14.6 Å². The molecule has 0 aliphatic carbocycles. The van der Waals surface area contributed by atoms with E-state index in [9.17, 15) is 5.11 Å². The van der Waals surface area contributed by atoms with Crippen LogP contribution in [0.4, 0.5) is 0 Å². The van der Waals surface area contributed by atoms with E-state index in [0.717, 1.165) is 9.35 Å². The smallest absolute Gasteiger partial charge is 0.125 e. The number of thiophene rings is 1. The number of hydrogen-bond donors (Lipinski definition) is 1. The van der Waals surface area contributed by atoms with Crippen LogP contribution in [0.2, 0.25) is 0 Å². The third-order valence-electron chi connectivity index (χ3n) is 2.63. The van der Waals surface area contributed by atoms with E-state index in [1.807, 2.05) is 11.4 Å². The molecule has 1 aromatic heterocycles. The maximum absolute atomic E-state index is 10.4. The Bertz CT molecular complexity index is 539. The van der Waals surface area contributed by atoms with Crippen molar-refractivity contribution in [3.05, 3.63) is 44.6 Å². The van der Waals surface area contributed by atoms with Crippen molar-refractivity contribution in [2.24, 2.45) is 0 Å². The molecule has 0 amide bonds. The molecule has 1 aromatic carbocycles. The van der Waals surface area contributed by atoms with Crippen molar-refractivity contribution >= 4 is 27.3 Å². The zero-order valence-corrected chi connectivity index (χ0v) is 12.4. The van der Waals surface area contributed by atoms with Crippen LogP contribution in [0.25, 0.3) is 0 Å². The predicted octanol–water partition coefficient (Wildman–Crippen LogP) is 3.61. The average Bonchev–Trinajstić information content (AvgIpc) is 2.83. The highest BCUT2D eigenvalue weighted by atomic mass is 79.9. The fourth-order valence-electron chi connectivity index (χ4n) is 1.70. The Morgan fingerprint density at radius 1 is 1.22 bits per heavy atom. The quantitative estimate of drug-likeness (QED) is 0.931. The third kappa shape index (κ3) is 2.68. The summed E-state index contributed by atoms with van der Waals surface area (Å²) in [6.45, 7) is 0. The normalized spacial score (nSPS) is 12.2. The predicted molar refractivity (Wildman–Crippen MR) is 75.6 cm³/mol. The number of aliphatic hydroxyl groups excluding tert-OH is 1. The first-order valence-electron chi connectivity index (χ1n) is 5.29. The number of ether oxygens (including phenoxy) is 2. The van der Waals surface area contributed by atoms with Gasteiger partial charge in [-0.05, 0) is 51.1 Å². The molecule has 0 saturated heterocycles. The van der Waals surface area contributed by atoms with E-state index in [1.165, 1.54) is 11.3 Å². The van der Waals surface area contributed by atoms with Crippen LogP contribution in [0.15, 0.2) is 33.4 Å². The molecular formula is C13H13BrO3S. The molecule has 96 valence electrons. The van der Waals surface area contributed by atoms with Crippen molar-refractivity contribution in [1.82, 2.24) is 0 Å². The Labute approximate surface area is 118 Å². The van der Waals surface area contributed by atoms with Crippen LogP contribution in [0.3, 0.4) is 0 Å². The first-order valence-corrected chi connectivity index (χ1v) is 6.97. The van der Waals surface area contributed by atoms with Gasteiger partial charge in [0.1, 0.15) is 17.6 Å². The van der Waals surface area contributed by atoms with Gasteiger partial charge in [0.25, 0.3) is 0 Å². The SMILES string of the molecule is COc1ccc(OC)c(C(O)c2csc(Br)c2)c1. The van der Waals surface area contributed by atoms with E-state index in [1.54, 1.807) is 32.4 Å². The molecule has 3 nitrogen and oxygen atoms in total. The summed E-state index contributed by atoms with van der Waals surface area (Å²) in [5.41, 5.74) is 1.53. The zero-order chi connectivity index (χ0) is 13.1. The van der Waals surface area contributed by atoms with Crippen LogP contribution in [-0.2, 0) is 0 Å². The van der Waals surface area contributed by atoms with Crippen molar-refractivity contribution in [1.29, 1.82) is 0 Å².